The van der Waals surface area contributed by atoms with E-state index in [1.165, 1.54) is 13.1 Å². The first kappa shape index (κ1) is 20.6. The quantitative estimate of drug-likeness (QED) is 0.602. The maximum Gasteiger partial charge on any atom is 0.422 e. The SMILES string of the molecule is Cc1nn(-c2ccc(Cl)cc2)c(N)c1[C@](O)(CSc1nccn1C)C(F)(F)F. The zero-order valence-corrected chi connectivity index (χ0v) is 16.5. The molecule has 2 heterocycles. The first-order valence-electron chi connectivity index (χ1n) is 8.05. The molecule has 3 aromatic rings. The van der Waals surface area contributed by atoms with Crippen molar-refractivity contribution in [2.75, 3.05) is 11.5 Å². The van der Waals surface area contributed by atoms with Crippen molar-refractivity contribution in [1.82, 2.24) is 19.3 Å². The molecule has 0 saturated carbocycles. The Morgan fingerprint density at radius 3 is 2.43 bits per heavy atom. The van der Waals surface area contributed by atoms with Gasteiger partial charge < -0.3 is 15.4 Å². The van der Waals surface area contributed by atoms with Crippen LogP contribution in [-0.4, -0.2) is 36.4 Å². The molecule has 0 aliphatic rings. The Labute approximate surface area is 168 Å². The number of benzene rings is 1. The highest BCUT2D eigenvalue weighted by molar-refractivity contribution is 7.99. The van der Waals surface area contributed by atoms with E-state index < -0.39 is 23.1 Å². The predicted octanol–water partition coefficient (Wildman–Crippen LogP) is 3.69. The lowest BCUT2D eigenvalue weighted by atomic mass is 9.95. The molecule has 0 fully saturated rings. The van der Waals surface area contributed by atoms with Gasteiger partial charge in [-0.15, -0.1) is 0 Å². The van der Waals surface area contributed by atoms with Crippen LogP contribution >= 0.6 is 23.4 Å². The lowest BCUT2D eigenvalue weighted by Gasteiger charge is -2.30. The highest BCUT2D eigenvalue weighted by Gasteiger charge is 2.57. The molecule has 0 aliphatic carbocycles. The van der Waals surface area contributed by atoms with Crippen LogP contribution in [0.5, 0.6) is 0 Å². The molecule has 2 aromatic heterocycles. The van der Waals surface area contributed by atoms with Crippen LogP contribution in [0.25, 0.3) is 5.69 Å². The minimum absolute atomic E-state index is 0.0206. The van der Waals surface area contributed by atoms with Crippen LogP contribution in [0.1, 0.15) is 11.3 Å². The van der Waals surface area contributed by atoms with Gasteiger partial charge >= 0.3 is 6.18 Å². The Morgan fingerprint density at radius 1 is 1.25 bits per heavy atom. The van der Waals surface area contributed by atoms with Gasteiger partial charge in [-0.25, -0.2) is 9.67 Å². The summed E-state index contributed by atoms with van der Waals surface area (Å²) in [6, 6.07) is 6.29. The molecule has 0 unspecified atom stereocenters. The maximum atomic E-state index is 13.9. The third kappa shape index (κ3) is 3.59. The molecule has 28 heavy (non-hydrogen) atoms. The Bertz CT molecular complexity index is 986. The number of aliphatic hydroxyl groups is 1. The molecule has 0 bridgehead atoms. The maximum absolute atomic E-state index is 13.9. The molecule has 0 radical (unpaired) electrons. The van der Waals surface area contributed by atoms with Crippen LogP contribution in [0.2, 0.25) is 5.02 Å². The second kappa shape index (κ2) is 7.34. The van der Waals surface area contributed by atoms with Crippen molar-refractivity contribution in [3.8, 4) is 5.69 Å². The van der Waals surface area contributed by atoms with E-state index in [1.807, 2.05) is 0 Å². The molecule has 3 rings (SSSR count). The van der Waals surface area contributed by atoms with Gasteiger partial charge in [0.2, 0.25) is 5.60 Å². The summed E-state index contributed by atoms with van der Waals surface area (Å²) < 4.78 is 44.6. The van der Waals surface area contributed by atoms with Crippen LogP contribution in [-0.2, 0) is 12.6 Å². The molecule has 0 saturated heterocycles. The number of rotatable bonds is 5. The number of imidazole rings is 1. The predicted molar refractivity (Wildman–Crippen MR) is 102 cm³/mol. The summed E-state index contributed by atoms with van der Waals surface area (Å²) in [5.41, 5.74) is 2.74. The average Bonchev–Trinajstić information content (AvgIpc) is 3.15. The molecule has 1 atom stereocenters. The summed E-state index contributed by atoms with van der Waals surface area (Å²) in [5, 5.41) is 15.6. The molecule has 6 nitrogen and oxygen atoms in total. The standard InChI is InChI=1S/C17H17ClF3N5OS/c1-10-13(14(22)26(24-10)12-5-3-11(18)4-6-12)16(27,17(19,20)21)9-28-15-23-7-8-25(15)2/h3-8,27H,9,22H2,1-2H3/t16-/m1/s1. The summed E-state index contributed by atoms with van der Waals surface area (Å²) in [4.78, 5) is 3.98. The van der Waals surface area contributed by atoms with Crippen molar-refractivity contribution < 1.29 is 18.3 Å². The van der Waals surface area contributed by atoms with Crippen molar-refractivity contribution in [2.24, 2.45) is 7.05 Å². The molecule has 0 aliphatic heterocycles. The van der Waals surface area contributed by atoms with Crippen LogP contribution < -0.4 is 5.73 Å². The zero-order chi connectivity index (χ0) is 20.7. The number of nitrogens with two attached hydrogens (primary N) is 1. The van der Waals surface area contributed by atoms with E-state index in [1.54, 1.807) is 42.1 Å². The summed E-state index contributed by atoms with van der Waals surface area (Å²) in [6.45, 7) is 1.38. The number of hydrogen-bond donors (Lipinski definition) is 2. The Hall–Kier alpha value is -2.17. The van der Waals surface area contributed by atoms with Crippen molar-refractivity contribution >= 4 is 29.2 Å². The van der Waals surface area contributed by atoms with E-state index in [9.17, 15) is 18.3 Å². The van der Waals surface area contributed by atoms with Gasteiger partial charge in [0.15, 0.2) is 5.16 Å². The monoisotopic (exact) mass is 431 g/mol. The summed E-state index contributed by atoms with van der Waals surface area (Å²) >= 11 is 6.63. The number of thioether (sulfide) groups is 1. The van der Waals surface area contributed by atoms with Gasteiger partial charge in [0.05, 0.1) is 16.9 Å². The number of hydrogen-bond acceptors (Lipinski definition) is 5. The number of nitrogen functional groups attached to an aromatic ring is 1. The van der Waals surface area contributed by atoms with Crippen molar-refractivity contribution in [1.29, 1.82) is 0 Å². The fraction of sp³-hybridized carbons (Fsp3) is 0.294. The smallest absolute Gasteiger partial charge is 0.383 e. The summed E-state index contributed by atoms with van der Waals surface area (Å²) in [7, 11) is 1.65. The Kier molecular flexibility index (Phi) is 5.39. The van der Waals surface area contributed by atoms with Crippen LogP contribution in [0, 0.1) is 6.92 Å². The van der Waals surface area contributed by atoms with Crippen molar-refractivity contribution in [3.63, 3.8) is 0 Å². The lowest BCUT2D eigenvalue weighted by Crippen LogP contribution is -2.45. The molecular weight excluding hydrogens is 415 g/mol. The fourth-order valence-corrected chi connectivity index (χ4v) is 3.96. The van der Waals surface area contributed by atoms with E-state index in [2.05, 4.69) is 10.1 Å². The number of aromatic nitrogens is 4. The molecule has 3 N–H and O–H groups in total. The summed E-state index contributed by atoms with van der Waals surface area (Å²) in [6.07, 6.45) is -1.90. The number of halogens is 4. The molecule has 0 spiro atoms. The van der Waals surface area contributed by atoms with Gasteiger partial charge in [0.25, 0.3) is 0 Å². The highest BCUT2D eigenvalue weighted by Crippen LogP contribution is 2.46. The number of anilines is 1. The van der Waals surface area contributed by atoms with Crippen LogP contribution in [0.3, 0.4) is 0 Å². The minimum Gasteiger partial charge on any atom is -0.383 e. The van der Waals surface area contributed by atoms with Gasteiger partial charge in [-0.3, -0.25) is 0 Å². The third-order valence-corrected chi connectivity index (χ3v) is 5.70. The van der Waals surface area contributed by atoms with Gasteiger partial charge in [0.1, 0.15) is 5.82 Å². The minimum atomic E-state index is -4.97. The highest BCUT2D eigenvalue weighted by atomic mass is 35.5. The first-order valence-corrected chi connectivity index (χ1v) is 9.41. The molecule has 11 heteroatoms. The second-order valence-corrected chi connectivity index (χ2v) is 7.58. The van der Waals surface area contributed by atoms with Gasteiger partial charge in [-0.05, 0) is 31.2 Å². The van der Waals surface area contributed by atoms with E-state index in [-0.39, 0.29) is 11.5 Å². The molecule has 0 amide bonds. The Morgan fingerprint density at radius 2 is 1.89 bits per heavy atom. The number of alkyl halides is 3. The number of nitrogens with zero attached hydrogens (tertiary/aromatic N) is 4. The fourth-order valence-electron chi connectivity index (χ4n) is 2.79. The largest absolute Gasteiger partial charge is 0.422 e. The normalized spacial score (nSPS) is 14.2. The van der Waals surface area contributed by atoms with Crippen LogP contribution in [0.15, 0.2) is 41.8 Å². The summed E-state index contributed by atoms with van der Waals surface area (Å²) in [5.74, 6) is -1.02. The number of aryl methyl sites for hydroxylation is 2. The third-order valence-electron chi connectivity index (χ3n) is 4.24. The second-order valence-electron chi connectivity index (χ2n) is 6.20. The van der Waals surface area contributed by atoms with Crippen molar-refractivity contribution in [3.05, 3.63) is 52.9 Å². The van der Waals surface area contributed by atoms with Gasteiger partial charge in [-0.2, -0.15) is 18.3 Å². The van der Waals surface area contributed by atoms with Gasteiger partial charge in [-0.1, -0.05) is 23.4 Å². The topological polar surface area (TPSA) is 81.9 Å². The zero-order valence-electron chi connectivity index (χ0n) is 14.9. The van der Waals surface area contributed by atoms with Crippen molar-refractivity contribution in [2.45, 2.75) is 23.9 Å². The van der Waals surface area contributed by atoms with E-state index in [4.69, 9.17) is 17.3 Å². The first-order chi connectivity index (χ1) is 13.0. The lowest BCUT2D eigenvalue weighted by molar-refractivity contribution is -0.256. The van der Waals surface area contributed by atoms with Crippen LogP contribution in [0.4, 0.5) is 19.0 Å². The molecular formula is C17H17ClF3N5OS. The molecule has 1 aromatic carbocycles. The average molecular weight is 432 g/mol. The van der Waals surface area contributed by atoms with E-state index >= 15 is 0 Å². The van der Waals surface area contributed by atoms with E-state index in [0.29, 0.717) is 15.9 Å². The Balaban J connectivity index is 2.05. The van der Waals surface area contributed by atoms with E-state index in [0.717, 1.165) is 16.4 Å². The molecule has 150 valence electrons. The van der Waals surface area contributed by atoms with Gasteiger partial charge in [0, 0.05) is 30.2 Å².